The zero-order valence-electron chi connectivity index (χ0n) is 11.0. The minimum atomic E-state index is -0.496. The average Bonchev–Trinajstić information content (AvgIpc) is 3.05. The first-order chi connectivity index (χ1) is 10.1. The maximum atomic E-state index is 14.1. The van der Waals surface area contributed by atoms with Crippen LogP contribution in [-0.4, -0.2) is 21.9 Å². The third kappa shape index (κ3) is 2.65. The second-order valence-electron chi connectivity index (χ2n) is 4.39. The van der Waals surface area contributed by atoms with Crippen LogP contribution in [0.15, 0.2) is 18.2 Å². The number of aryl methyl sites for hydroxylation is 1. The Morgan fingerprint density at radius 2 is 2.29 bits per heavy atom. The molecule has 1 aromatic heterocycles. The molecule has 1 fully saturated rings. The minimum Gasteiger partial charge on any atom is -0.273 e. The van der Waals surface area contributed by atoms with E-state index >= 15 is 0 Å². The Hall–Kier alpha value is -1.18. The molecule has 0 spiro atoms. The first-order valence-electron chi connectivity index (χ1n) is 6.31. The summed E-state index contributed by atoms with van der Waals surface area (Å²) in [6.07, 6.45) is 0.748. The molecule has 1 atom stereocenters. The molecule has 110 valence electrons. The molecular formula is C13H11ClFN3OS2. The lowest BCUT2D eigenvalue weighted by Crippen LogP contribution is -2.28. The second kappa shape index (κ2) is 5.90. The van der Waals surface area contributed by atoms with Crippen LogP contribution >= 0.6 is 34.7 Å². The molecule has 21 heavy (non-hydrogen) atoms. The number of nitrogens with zero attached hydrogens (tertiary/aromatic N) is 3. The van der Waals surface area contributed by atoms with Gasteiger partial charge in [0.2, 0.25) is 11.0 Å². The number of benzene rings is 1. The fraction of sp³-hybridized carbons (Fsp3) is 0.308. The molecule has 1 aliphatic rings. The Morgan fingerprint density at radius 1 is 1.48 bits per heavy atom. The van der Waals surface area contributed by atoms with Crippen LogP contribution < -0.4 is 4.90 Å². The van der Waals surface area contributed by atoms with Gasteiger partial charge in [0.1, 0.15) is 16.2 Å². The summed E-state index contributed by atoms with van der Waals surface area (Å²) in [6.45, 7) is 1.97. The van der Waals surface area contributed by atoms with Crippen molar-refractivity contribution in [3.05, 3.63) is 39.6 Å². The molecule has 0 radical (unpaired) electrons. The van der Waals surface area contributed by atoms with Gasteiger partial charge in [-0.2, -0.15) is 0 Å². The summed E-state index contributed by atoms with van der Waals surface area (Å²) in [6, 6.07) is 4.52. The van der Waals surface area contributed by atoms with E-state index in [4.69, 9.17) is 11.6 Å². The van der Waals surface area contributed by atoms with E-state index < -0.39 is 11.2 Å². The number of hydrogen-bond donors (Lipinski definition) is 0. The zero-order chi connectivity index (χ0) is 15.0. The van der Waals surface area contributed by atoms with E-state index in [1.165, 1.54) is 34.1 Å². The van der Waals surface area contributed by atoms with E-state index in [1.807, 2.05) is 6.92 Å². The predicted molar refractivity (Wildman–Crippen MR) is 83.4 cm³/mol. The largest absolute Gasteiger partial charge is 0.273 e. The number of anilines is 1. The first kappa shape index (κ1) is 14.7. The minimum absolute atomic E-state index is 0.108. The number of hydrogen-bond acceptors (Lipinski definition) is 5. The van der Waals surface area contributed by atoms with E-state index in [-0.39, 0.29) is 11.7 Å². The highest BCUT2D eigenvalue weighted by Gasteiger charge is 2.38. The Labute approximate surface area is 134 Å². The van der Waals surface area contributed by atoms with Gasteiger partial charge in [-0.3, -0.25) is 9.69 Å². The maximum Gasteiger partial charge on any atom is 0.240 e. The molecule has 2 aromatic rings. The number of carbonyl (C=O) groups excluding carboxylic acids is 1. The van der Waals surface area contributed by atoms with Gasteiger partial charge in [0.05, 0.1) is 5.75 Å². The number of rotatable bonds is 3. The van der Waals surface area contributed by atoms with E-state index in [1.54, 1.807) is 12.1 Å². The number of amides is 1. The van der Waals surface area contributed by atoms with Gasteiger partial charge in [-0.05, 0) is 18.6 Å². The van der Waals surface area contributed by atoms with Crippen molar-refractivity contribution in [1.29, 1.82) is 0 Å². The second-order valence-corrected chi connectivity index (χ2v) is 6.91. The molecule has 8 heteroatoms. The molecule has 1 saturated heterocycles. The molecule has 0 N–H and O–H groups in total. The summed E-state index contributed by atoms with van der Waals surface area (Å²) in [7, 11) is 0. The van der Waals surface area contributed by atoms with E-state index in [0.29, 0.717) is 15.7 Å². The Morgan fingerprint density at radius 3 is 2.95 bits per heavy atom. The molecule has 0 bridgehead atoms. The molecule has 1 aliphatic heterocycles. The third-order valence-electron chi connectivity index (χ3n) is 3.08. The lowest BCUT2D eigenvalue weighted by molar-refractivity contribution is -0.115. The van der Waals surface area contributed by atoms with Crippen LogP contribution in [-0.2, 0) is 11.2 Å². The summed E-state index contributed by atoms with van der Waals surface area (Å²) < 4.78 is 14.1. The number of carbonyl (C=O) groups is 1. The molecule has 1 unspecified atom stereocenters. The van der Waals surface area contributed by atoms with Crippen molar-refractivity contribution in [3.63, 3.8) is 0 Å². The summed E-state index contributed by atoms with van der Waals surface area (Å²) in [5, 5.41) is 9.22. The molecule has 0 saturated carbocycles. The normalized spacial score (nSPS) is 18.5. The van der Waals surface area contributed by atoms with Crippen molar-refractivity contribution in [2.75, 3.05) is 10.7 Å². The molecule has 2 heterocycles. The van der Waals surface area contributed by atoms with Gasteiger partial charge in [-0.25, -0.2) is 4.39 Å². The van der Waals surface area contributed by atoms with Gasteiger partial charge < -0.3 is 0 Å². The van der Waals surface area contributed by atoms with Gasteiger partial charge >= 0.3 is 0 Å². The van der Waals surface area contributed by atoms with Gasteiger partial charge in [0, 0.05) is 10.6 Å². The van der Waals surface area contributed by atoms with Crippen molar-refractivity contribution >= 4 is 45.7 Å². The van der Waals surface area contributed by atoms with Crippen LogP contribution in [0.2, 0.25) is 5.02 Å². The highest BCUT2D eigenvalue weighted by atomic mass is 35.5. The van der Waals surface area contributed by atoms with Crippen molar-refractivity contribution in [1.82, 2.24) is 10.2 Å². The quantitative estimate of drug-likeness (QED) is 0.853. The number of aromatic nitrogens is 2. The molecular weight excluding hydrogens is 333 g/mol. The molecule has 4 nitrogen and oxygen atoms in total. The summed E-state index contributed by atoms with van der Waals surface area (Å²) in [5.41, 5.74) is 0.322. The third-order valence-corrected chi connectivity index (χ3v) is 5.65. The fourth-order valence-corrected chi connectivity index (χ4v) is 4.51. The van der Waals surface area contributed by atoms with E-state index in [2.05, 4.69) is 10.2 Å². The van der Waals surface area contributed by atoms with E-state index in [0.717, 1.165) is 11.4 Å². The van der Waals surface area contributed by atoms with Crippen LogP contribution in [0.1, 0.15) is 22.9 Å². The highest BCUT2D eigenvalue weighted by Crippen LogP contribution is 2.45. The van der Waals surface area contributed by atoms with Crippen molar-refractivity contribution in [3.8, 4) is 0 Å². The van der Waals surface area contributed by atoms with Crippen molar-refractivity contribution in [2.24, 2.45) is 0 Å². The van der Waals surface area contributed by atoms with Gasteiger partial charge in [0.25, 0.3) is 0 Å². The average molecular weight is 344 g/mol. The molecule has 1 amide bonds. The first-order valence-corrected chi connectivity index (χ1v) is 8.56. The van der Waals surface area contributed by atoms with Crippen LogP contribution in [0.3, 0.4) is 0 Å². The molecule has 0 aliphatic carbocycles. The number of thioether (sulfide) groups is 1. The number of halogens is 2. The fourth-order valence-electron chi connectivity index (χ4n) is 2.08. The van der Waals surface area contributed by atoms with Crippen LogP contribution in [0, 0.1) is 5.82 Å². The van der Waals surface area contributed by atoms with Gasteiger partial charge in [-0.15, -0.1) is 22.0 Å². The topological polar surface area (TPSA) is 46.1 Å². The molecule has 1 aromatic carbocycles. The van der Waals surface area contributed by atoms with Crippen molar-refractivity contribution in [2.45, 2.75) is 18.7 Å². The predicted octanol–water partition coefficient (Wildman–Crippen LogP) is 3.67. The van der Waals surface area contributed by atoms with Crippen LogP contribution in [0.4, 0.5) is 9.52 Å². The van der Waals surface area contributed by atoms with Crippen LogP contribution in [0.5, 0.6) is 0 Å². The Kier molecular flexibility index (Phi) is 4.14. The SMILES string of the molecule is CCc1nnc(N2C(=O)CSC2c2c(F)cccc2Cl)s1. The Balaban J connectivity index is 2.03. The highest BCUT2D eigenvalue weighted by molar-refractivity contribution is 8.00. The summed E-state index contributed by atoms with van der Waals surface area (Å²) in [4.78, 5) is 13.6. The van der Waals surface area contributed by atoms with Crippen molar-refractivity contribution < 1.29 is 9.18 Å². The maximum absolute atomic E-state index is 14.1. The lowest BCUT2D eigenvalue weighted by Gasteiger charge is -2.22. The molecule has 3 rings (SSSR count). The summed E-state index contributed by atoms with van der Waals surface area (Å²) >= 11 is 8.81. The zero-order valence-corrected chi connectivity index (χ0v) is 13.4. The smallest absolute Gasteiger partial charge is 0.240 e. The monoisotopic (exact) mass is 343 g/mol. The van der Waals surface area contributed by atoms with Gasteiger partial charge in [0.15, 0.2) is 0 Å². The Bertz CT molecular complexity index is 674. The standard InChI is InChI=1S/C13H11ClFN3OS2/c1-2-9-16-17-13(21-9)18-10(19)6-20-12(18)11-7(14)4-3-5-8(11)15/h3-5,12H,2,6H2,1H3. The summed E-state index contributed by atoms with van der Waals surface area (Å²) in [5.74, 6) is -0.251. The van der Waals surface area contributed by atoms with Crippen LogP contribution in [0.25, 0.3) is 0 Å². The lowest BCUT2D eigenvalue weighted by atomic mass is 10.2. The van der Waals surface area contributed by atoms with E-state index in [9.17, 15) is 9.18 Å². The van der Waals surface area contributed by atoms with Gasteiger partial charge in [-0.1, -0.05) is 35.9 Å².